The summed E-state index contributed by atoms with van der Waals surface area (Å²) in [5.74, 6) is 0.0559. The highest BCUT2D eigenvalue weighted by atomic mass is 16.1. The van der Waals surface area contributed by atoms with Crippen LogP contribution in [0.25, 0.3) is 0 Å². The highest BCUT2D eigenvalue weighted by molar-refractivity contribution is 5.75. The minimum Gasteiger partial charge on any atom is -0.376 e. The van der Waals surface area contributed by atoms with Gasteiger partial charge in [-0.05, 0) is 6.92 Å². The molecule has 0 bridgehead atoms. The van der Waals surface area contributed by atoms with Crippen molar-refractivity contribution in [3.8, 4) is 0 Å². The molecule has 1 rings (SSSR count). The van der Waals surface area contributed by atoms with E-state index >= 15 is 0 Å². The molecule has 0 spiro atoms. The van der Waals surface area contributed by atoms with Gasteiger partial charge in [0.15, 0.2) is 0 Å². The summed E-state index contributed by atoms with van der Waals surface area (Å²) < 4.78 is 1.30. The molecule has 0 unspecified atom stereocenters. The van der Waals surface area contributed by atoms with Crippen LogP contribution in [0.2, 0.25) is 0 Å². The number of aryl methyl sites for hydroxylation is 1. The molecule has 1 aromatic heterocycles. The van der Waals surface area contributed by atoms with Crippen LogP contribution in [0.1, 0.15) is 13.3 Å². The number of hydrogen-bond donors (Lipinski definition) is 0. The van der Waals surface area contributed by atoms with Crippen LogP contribution in [-0.2, 0) is 11.3 Å². The maximum atomic E-state index is 11.5. The summed E-state index contributed by atoms with van der Waals surface area (Å²) in [5.41, 5.74) is 0.585. The summed E-state index contributed by atoms with van der Waals surface area (Å²) in [6.07, 6.45) is 1.95. The first-order valence-corrected chi connectivity index (χ1v) is 4.74. The largest absolute Gasteiger partial charge is 0.376 e. The molecule has 0 aliphatic carbocycles. The lowest BCUT2D eigenvalue weighted by Crippen LogP contribution is -2.24. The summed E-state index contributed by atoms with van der Waals surface area (Å²) in [4.78, 5) is 24.1. The maximum absolute atomic E-state index is 11.5. The maximum Gasteiger partial charge on any atom is 0.268 e. The zero-order valence-corrected chi connectivity index (χ0v) is 9.23. The highest BCUT2D eigenvalue weighted by Crippen LogP contribution is 2.03. The van der Waals surface area contributed by atoms with Gasteiger partial charge in [-0.25, -0.2) is 4.68 Å². The van der Waals surface area contributed by atoms with Crippen molar-refractivity contribution in [3.63, 3.8) is 0 Å². The molecule has 82 valence electrons. The summed E-state index contributed by atoms with van der Waals surface area (Å²) in [5, 5.41) is 3.98. The van der Waals surface area contributed by atoms with Gasteiger partial charge in [0, 0.05) is 26.6 Å². The van der Waals surface area contributed by atoms with Crippen molar-refractivity contribution in [1.82, 2.24) is 9.78 Å². The molecule has 0 aromatic carbocycles. The minimum absolute atomic E-state index is 0.0559. The second-order valence-electron chi connectivity index (χ2n) is 3.62. The number of rotatable bonds is 4. The SMILES string of the molecule is CC(=O)CCn1ncc(N(C)C)cc1=O. The van der Waals surface area contributed by atoms with Crippen LogP contribution in [-0.4, -0.2) is 29.7 Å². The number of anilines is 1. The summed E-state index contributed by atoms with van der Waals surface area (Å²) >= 11 is 0. The Morgan fingerprint density at radius 3 is 2.67 bits per heavy atom. The van der Waals surface area contributed by atoms with Gasteiger partial charge in [0.25, 0.3) is 5.56 Å². The normalized spacial score (nSPS) is 10.1. The number of hydrogen-bond acceptors (Lipinski definition) is 4. The van der Waals surface area contributed by atoms with Crippen molar-refractivity contribution in [2.24, 2.45) is 0 Å². The molecular weight excluding hydrogens is 194 g/mol. The lowest BCUT2D eigenvalue weighted by atomic mass is 10.3. The molecule has 1 heterocycles. The standard InChI is InChI=1S/C10H15N3O2/c1-8(14)4-5-13-10(15)6-9(7-11-13)12(2)3/h6-7H,4-5H2,1-3H3. The molecule has 0 aliphatic heterocycles. The van der Waals surface area contributed by atoms with Crippen LogP contribution in [0.3, 0.4) is 0 Å². The van der Waals surface area contributed by atoms with Crippen LogP contribution in [0.15, 0.2) is 17.1 Å². The molecule has 0 N–H and O–H groups in total. The lowest BCUT2D eigenvalue weighted by Gasteiger charge is -2.11. The van der Waals surface area contributed by atoms with Crippen molar-refractivity contribution in [2.75, 3.05) is 19.0 Å². The van der Waals surface area contributed by atoms with Gasteiger partial charge in [0.2, 0.25) is 0 Å². The first-order chi connectivity index (χ1) is 7.00. The van der Waals surface area contributed by atoms with Crippen LogP contribution in [0.5, 0.6) is 0 Å². The van der Waals surface area contributed by atoms with Crippen molar-refractivity contribution in [1.29, 1.82) is 0 Å². The Labute approximate surface area is 88.3 Å². The summed E-state index contributed by atoms with van der Waals surface area (Å²) in [7, 11) is 3.69. The Kier molecular flexibility index (Phi) is 3.60. The van der Waals surface area contributed by atoms with Crippen molar-refractivity contribution < 1.29 is 4.79 Å². The summed E-state index contributed by atoms with van der Waals surface area (Å²) in [6.45, 7) is 1.85. The number of ketones is 1. The number of carbonyl (C=O) groups is 1. The number of aromatic nitrogens is 2. The second-order valence-corrected chi connectivity index (χ2v) is 3.62. The van der Waals surface area contributed by atoms with E-state index in [1.165, 1.54) is 17.7 Å². The fraction of sp³-hybridized carbons (Fsp3) is 0.500. The Balaban J connectivity index is 2.84. The molecule has 5 nitrogen and oxygen atoms in total. The molecule has 0 atom stereocenters. The van der Waals surface area contributed by atoms with Crippen LogP contribution < -0.4 is 10.5 Å². The monoisotopic (exact) mass is 209 g/mol. The molecular formula is C10H15N3O2. The van der Waals surface area contributed by atoms with Gasteiger partial charge in [-0.3, -0.25) is 9.59 Å². The van der Waals surface area contributed by atoms with Crippen LogP contribution in [0.4, 0.5) is 5.69 Å². The zero-order chi connectivity index (χ0) is 11.4. The molecule has 0 fully saturated rings. The Morgan fingerprint density at radius 1 is 1.53 bits per heavy atom. The van der Waals surface area contributed by atoms with Gasteiger partial charge in [-0.1, -0.05) is 0 Å². The van der Waals surface area contributed by atoms with E-state index in [1.54, 1.807) is 6.20 Å². The van der Waals surface area contributed by atoms with E-state index in [0.717, 1.165) is 5.69 Å². The topological polar surface area (TPSA) is 55.2 Å². The molecule has 0 saturated carbocycles. The van der Waals surface area contributed by atoms with Crippen molar-refractivity contribution >= 4 is 11.5 Å². The molecule has 0 aliphatic rings. The van der Waals surface area contributed by atoms with Gasteiger partial charge >= 0.3 is 0 Å². The molecule has 5 heteroatoms. The number of carbonyl (C=O) groups excluding carboxylic acids is 1. The number of Topliss-reactive ketones (excluding diaryl/α,β-unsaturated/α-hetero) is 1. The van der Waals surface area contributed by atoms with E-state index in [-0.39, 0.29) is 11.3 Å². The fourth-order valence-electron chi connectivity index (χ4n) is 1.10. The third-order valence-electron chi connectivity index (χ3n) is 2.05. The van der Waals surface area contributed by atoms with Crippen molar-refractivity contribution in [2.45, 2.75) is 19.9 Å². The van der Waals surface area contributed by atoms with E-state index in [0.29, 0.717) is 13.0 Å². The third kappa shape index (κ3) is 3.19. The quantitative estimate of drug-likeness (QED) is 0.715. The van der Waals surface area contributed by atoms with Crippen LogP contribution >= 0.6 is 0 Å². The fourth-order valence-corrected chi connectivity index (χ4v) is 1.10. The van der Waals surface area contributed by atoms with E-state index in [4.69, 9.17) is 0 Å². The van der Waals surface area contributed by atoms with E-state index < -0.39 is 0 Å². The molecule has 15 heavy (non-hydrogen) atoms. The average Bonchev–Trinajstić information content (AvgIpc) is 2.15. The van der Waals surface area contributed by atoms with Crippen LogP contribution in [0, 0.1) is 0 Å². The second kappa shape index (κ2) is 4.72. The lowest BCUT2D eigenvalue weighted by molar-refractivity contribution is -0.117. The Hall–Kier alpha value is -1.65. The predicted molar refractivity (Wildman–Crippen MR) is 58.1 cm³/mol. The Morgan fingerprint density at radius 2 is 2.20 bits per heavy atom. The number of nitrogens with zero attached hydrogens (tertiary/aromatic N) is 3. The first-order valence-electron chi connectivity index (χ1n) is 4.74. The molecule has 0 saturated heterocycles. The third-order valence-corrected chi connectivity index (χ3v) is 2.05. The minimum atomic E-state index is -0.178. The Bertz CT molecular complexity index is 409. The predicted octanol–water partition coefficient (Wildman–Crippen LogP) is 0.288. The summed E-state index contributed by atoms with van der Waals surface area (Å²) in [6, 6.07) is 1.51. The molecule has 0 radical (unpaired) electrons. The van der Waals surface area contributed by atoms with Gasteiger partial charge < -0.3 is 4.90 Å². The van der Waals surface area contributed by atoms with Gasteiger partial charge in [-0.2, -0.15) is 5.10 Å². The zero-order valence-electron chi connectivity index (χ0n) is 9.23. The van der Waals surface area contributed by atoms with Gasteiger partial charge in [-0.15, -0.1) is 0 Å². The van der Waals surface area contributed by atoms with E-state index in [2.05, 4.69) is 5.10 Å². The average molecular weight is 209 g/mol. The molecule has 0 amide bonds. The molecule has 1 aromatic rings. The van der Waals surface area contributed by atoms with Gasteiger partial charge in [0.1, 0.15) is 5.78 Å². The highest BCUT2D eigenvalue weighted by Gasteiger charge is 2.02. The van der Waals surface area contributed by atoms with Crippen molar-refractivity contribution in [3.05, 3.63) is 22.6 Å². The van der Waals surface area contributed by atoms with E-state index in [1.807, 2.05) is 19.0 Å². The first kappa shape index (κ1) is 11.4. The van der Waals surface area contributed by atoms with Gasteiger partial charge in [0.05, 0.1) is 18.4 Å². The smallest absolute Gasteiger partial charge is 0.268 e. The van der Waals surface area contributed by atoms with E-state index in [9.17, 15) is 9.59 Å².